The maximum Gasteiger partial charge on any atom is 0.232 e. The third kappa shape index (κ3) is 5.55. The highest BCUT2D eigenvalue weighted by atomic mass is 32.2. The lowest BCUT2D eigenvalue weighted by atomic mass is 9.97. The van der Waals surface area contributed by atoms with E-state index < -0.39 is 10.0 Å². The Labute approximate surface area is 160 Å². The fourth-order valence-corrected chi connectivity index (χ4v) is 3.95. The van der Waals surface area contributed by atoms with Crippen molar-refractivity contribution in [1.29, 1.82) is 0 Å². The van der Waals surface area contributed by atoms with Crippen molar-refractivity contribution < 1.29 is 22.7 Å². The molecule has 27 heavy (non-hydrogen) atoms. The van der Waals surface area contributed by atoms with Gasteiger partial charge in [0.1, 0.15) is 6.10 Å². The van der Waals surface area contributed by atoms with Crippen LogP contribution in [0, 0.1) is 5.92 Å². The zero-order valence-electron chi connectivity index (χ0n) is 15.6. The molecule has 0 spiro atoms. The summed E-state index contributed by atoms with van der Waals surface area (Å²) in [7, 11) is -3.31. The van der Waals surface area contributed by atoms with Gasteiger partial charge in [-0.25, -0.2) is 13.4 Å². The van der Waals surface area contributed by atoms with E-state index >= 15 is 0 Å². The number of amides is 1. The van der Waals surface area contributed by atoms with Crippen LogP contribution >= 0.6 is 0 Å². The molecule has 1 amide bonds. The molecule has 0 bridgehead atoms. The average Bonchev–Trinajstić information content (AvgIpc) is 2.70. The van der Waals surface area contributed by atoms with Gasteiger partial charge in [-0.1, -0.05) is 0 Å². The molecule has 1 aromatic heterocycles. The monoisotopic (exact) mass is 397 g/mol. The minimum atomic E-state index is -3.31. The second kappa shape index (κ2) is 8.88. The SMILES string of the molecule is CCS(=O)(=O)Nc1ccc(OC2CCN(C(=O)C3CCOCC3)CC2)nc1. The van der Waals surface area contributed by atoms with Crippen LogP contribution in [0.15, 0.2) is 18.3 Å². The number of hydrogen-bond donors (Lipinski definition) is 1. The summed E-state index contributed by atoms with van der Waals surface area (Å²) in [6.45, 7) is 4.30. The van der Waals surface area contributed by atoms with Crippen LogP contribution in [0.1, 0.15) is 32.6 Å². The molecule has 8 nitrogen and oxygen atoms in total. The number of carbonyl (C=O) groups excluding carboxylic acids is 1. The van der Waals surface area contributed by atoms with Gasteiger partial charge in [-0.05, 0) is 25.8 Å². The number of pyridine rings is 1. The molecule has 3 heterocycles. The maximum atomic E-state index is 12.6. The third-order valence-electron chi connectivity index (χ3n) is 5.00. The molecule has 0 aliphatic carbocycles. The predicted molar refractivity (Wildman–Crippen MR) is 101 cm³/mol. The molecular weight excluding hydrogens is 370 g/mol. The van der Waals surface area contributed by atoms with Crippen molar-refractivity contribution in [3.8, 4) is 5.88 Å². The number of aromatic nitrogens is 1. The second-order valence-corrected chi connectivity index (χ2v) is 8.93. The fraction of sp³-hybridized carbons (Fsp3) is 0.667. The largest absolute Gasteiger partial charge is 0.474 e. The molecule has 150 valence electrons. The van der Waals surface area contributed by atoms with E-state index in [-0.39, 0.29) is 23.7 Å². The number of piperidine rings is 1. The number of rotatable bonds is 6. The summed E-state index contributed by atoms with van der Waals surface area (Å²) in [5, 5.41) is 0. The van der Waals surface area contributed by atoms with Crippen molar-refractivity contribution in [2.24, 2.45) is 5.92 Å². The Balaban J connectivity index is 1.47. The smallest absolute Gasteiger partial charge is 0.232 e. The first-order chi connectivity index (χ1) is 13.0. The zero-order valence-corrected chi connectivity index (χ0v) is 16.4. The quantitative estimate of drug-likeness (QED) is 0.784. The standard InChI is InChI=1S/C18H27N3O5S/c1-2-27(23,24)20-15-3-4-17(19-13-15)26-16-5-9-21(10-6-16)18(22)14-7-11-25-12-8-14/h3-4,13-14,16,20H,2,5-12H2,1H3. The van der Waals surface area contributed by atoms with E-state index in [0.29, 0.717) is 37.9 Å². The number of nitrogens with zero attached hydrogens (tertiary/aromatic N) is 2. The lowest BCUT2D eigenvalue weighted by Gasteiger charge is -2.35. The predicted octanol–water partition coefficient (Wildman–Crippen LogP) is 1.64. The van der Waals surface area contributed by atoms with Crippen LogP contribution < -0.4 is 9.46 Å². The second-order valence-electron chi connectivity index (χ2n) is 6.92. The van der Waals surface area contributed by atoms with Gasteiger partial charge in [0.2, 0.25) is 21.8 Å². The molecule has 2 fully saturated rings. The van der Waals surface area contributed by atoms with Crippen molar-refractivity contribution in [2.75, 3.05) is 36.8 Å². The molecular formula is C18H27N3O5S. The first-order valence-corrected chi connectivity index (χ1v) is 11.1. The van der Waals surface area contributed by atoms with Crippen LogP contribution in [0.5, 0.6) is 5.88 Å². The van der Waals surface area contributed by atoms with E-state index in [1.54, 1.807) is 19.1 Å². The van der Waals surface area contributed by atoms with Crippen LogP contribution in [0.4, 0.5) is 5.69 Å². The molecule has 0 atom stereocenters. The molecule has 1 N–H and O–H groups in total. The Kier molecular flexibility index (Phi) is 6.54. The van der Waals surface area contributed by atoms with E-state index in [2.05, 4.69) is 9.71 Å². The minimum Gasteiger partial charge on any atom is -0.474 e. The van der Waals surface area contributed by atoms with Gasteiger partial charge < -0.3 is 14.4 Å². The molecule has 2 saturated heterocycles. The van der Waals surface area contributed by atoms with Gasteiger partial charge in [-0.2, -0.15) is 0 Å². The number of likely N-dealkylation sites (tertiary alicyclic amines) is 1. The molecule has 2 aliphatic heterocycles. The number of hydrogen-bond acceptors (Lipinski definition) is 6. The van der Waals surface area contributed by atoms with Gasteiger partial charge in [-0.3, -0.25) is 9.52 Å². The first-order valence-electron chi connectivity index (χ1n) is 9.46. The Bertz CT molecular complexity index is 724. The van der Waals surface area contributed by atoms with Crippen LogP contribution in [-0.2, 0) is 19.6 Å². The summed E-state index contributed by atoms with van der Waals surface area (Å²) in [4.78, 5) is 18.7. The Morgan fingerprint density at radius 2 is 1.96 bits per heavy atom. The lowest BCUT2D eigenvalue weighted by molar-refractivity contribution is -0.140. The van der Waals surface area contributed by atoms with Crippen molar-refractivity contribution >= 4 is 21.6 Å². The lowest BCUT2D eigenvalue weighted by Crippen LogP contribution is -2.45. The normalized spacial score (nSPS) is 19.7. The number of ether oxygens (including phenoxy) is 2. The van der Waals surface area contributed by atoms with Crippen molar-refractivity contribution in [3.05, 3.63) is 18.3 Å². The van der Waals surface area contributed by atoms with Crippen LogP contribution in [0.25, 0.3) is 0 Å². The van der Waals surface area contributed by atoms with Gasteiger partial charge >= 0.3 is 0 Å². The average molecular weight is 397 g/mol. The molecule has 9 heteroatoms. The number of nitrogens with one attached hydrogen (secondary N) is 1. The van der Waals surface area contributed by atoms with Crippen LogP contribution in [0.2, 0.25) is 0 Å². The molecule has 2 aliphatic rings. The zero-order chi connectivity index (χ0) is 19.3. The highest BCUT2D eigenvalue weighted by Crippen LogP contribution is 2.23. The van der Waals surface area contributed by atoms with Gasteiger partial charge in [0, 0.05) is 51.1 Å². The summed E-state index contributed by atoms with van der Waals surface area (Å²) in [6.07, 6.45) is 4.61. The third-order valence-corrected chi connectivity index (χ3v) is 6.31. The van der Waals surface area contributed by atoms with Gasteiger partial charge in [0.25, 0.3) is 0 Å². The van der Waals surface area contributed by atoms with Gasteiger partial charge in [0.05, 0.1) is 17.6 Å². The highest BCUT2D eigenvalue weighted by Gasteiger charge is 2.30. The molecule has 0 aromatic carbocycles. The molecule has 0 saturated carbocycles. The topological polar surface area (TPSA) is 97.8 Å². The summed E-state index contributed by atoms with van der Waals surface area (Å²) in [5.41, 5.74) is 0.418. The van der Waals surface area contributed by atoms with Gasteiger partial charge in [0.15, 0.2) is 0 Å². The van der Waals surface area contributed by atoms with Gasteiger partial charge in [-0.15, -0.1) is 0 Å². The molecule has 1 aromatic rings. The van der Waals surface area contributed by atoms with E-state index in [9.17, 15) is 13.2 Å². The van der Waals surface area contributed by atoms with E-state index in [4.69, 9.17) is 9.47 Å². The number of anilines is 1. The van der Waals surface area contributed by atoms with Crippen molar-refractivity contribution in [3.63, 3.8) is 0 Å². The number of sulfonamides is 1. The van der Waals surface area contributed by atoms with E-state index in [1.165, 1.54) is 6.20 Å². The Hall–Kier alpha value is -1.87. The van der Waals surface area contributed by atoms with E-state index in [0.717, 1.165) is 25.7 Å². The first kappa shape index (κ1) is 19.9. The molecule has 3 rings (SSSR count). The number of carbonyl (C=O) groups is 1. The van der Waals surface area contributed by atoms with Crippen molar-refractivity contribution in [2.45, 2.75) is 38.7 Å². The Morgan fingerprint density at radius 1 is 1.26 bits per heavy atom. The van der Waals surface area contributed by atoms with Crippen molar-refractivity contribution in [1.82, 2.24) is 9.88 Å². The summed E-state index contributed by atoms with van der Waals surface area (Å²) < 4.78 is 36.8. The van der Waals surface area contributed by atoms with E-state index in [1.807, 2.05) is 4.90 Å². The van der Waals surface area contributed by atoms with Crippen LogP contribution in [0.3, 0.4) is 0 Å². The Morgan fingerprint density at radius 3 is 2.56 bits per heavy atom. The van der Waals surface area contributed by atoms with Crippen LogP contribution in [-0.4, -0.2) is 62.4 Å². The summed E-state index contributed by atoms with van der Waals surface area (Å²) >= 11 is 0. The molecule has 0 radical (unpaired) electrons. The highest BCUT2D eigenvalue weighted by molar-refractivity contribution is 7.92. The minimum absolute atomic E-state index is 0.00872. The fourth-order valence-electron chi connectivity index (χ4n) is 3.33. The molecule has 0 unspecified atom stereocenters. The maximum absolute atomic E-state index is 12.6. The summed E-state index contributed by atoms with van der Waals surface area (Å²) in [6, 6.07) is 3.30. The summed E-state index contributed by atoms with van der Waals surface area (Å²) in [5.74, 6) is 0.805.